The Labute approximate surface area is 194 Å². The molecular weight excluding hydrogens is 412 g/mol. The van der Waals surface area contributed by atoms with Crippen LogP contribution in [-0.4, -0.2) is 22.8 Å². The molecule has 0 unspecified atom stereocenters. The summed E-state index contributed by atoms with van der Waals surface area (Å²) >= 11 is 0. The average molecular weight is 441 g/mol. The molecule has 6 atom stereocenters. The predicted octanol–water partition coefficient (Wildman–Crippen LogP) is 5.21. The number of pyridine rings is 1. The third kappa shape index (κ3) is 3.00. The summed E-state index contributed by atoms with van der Waals surface area (Å²) in [4.78, 5) is 30.3. The van der Waals surface area contributed by atoms with Crippen LogP contribution < -0.4 is 0 Å². The minimum atomic E-state index is -0.692. The minimum absolute atomic E-state index is 0.0509. The molecule has 2 heterocycles. The third-order valence-electron chi connectivity index (χ3n) is 8.63. The van der Waals surface area contributed by atoms with E-state index in [0.717, 1.165) is 23.2 Å². The predicted molar refractivity (Wildman–Crippen MR) is 125 cm³/mol. The summed E-state index contributed by atoms with van der Waals surface area (Å²) in [7, 11) is 0. The van der Waals surface area contributed by atoms with Gasteiger partial charge in [0.1, 0.15) is 11.9 Å². The number of ether oxygens (including phenoxy) is 1. The second kappa shape index (κ2) is 7.66. The van der Waals surface area contributed by atoms with Gasteiger partial charge in [0.2, 0.25) is 0 Å². The van der Waals surface area contributed by atoms with Crippen molar-refractivity contribution in [2.45, 2.75) is 46.1 Å². The van der Waals surface area contributed by atoms with Crippen LogP contribution >= 0.6 is 0 Å². The number of nitrogens with zero attached hydrogens (tertiary/aromatic N) is 2. The van der Waals surface area contributed by atoms with Crippen LogP contribution in [0.25, 0.3) is 17.2 Å². The van der Waals surface area contributed by atoms with Gasteiger partial charge in [-0.25, -0.2) is 0 Å². The van der Waals surface area contributed by atoms with Crippen LogP contribution in [0.1, 0.15) is 51.3 Å². The molecular formula is C28H28N2O3. The van der Waals surface area contributed by atoms with Crippen LogP contribution in [0.4, 0.5) is 0 Å². The summed E-state index contributed by atoms with van der Waals surface area (Å²) in [5.41, 5.74) is 2.02. The molecule has 1 saturated heterocycles. The van der Waals surface area contributed by atoms with Crippen molar-refractivity contribution < 1.29 is 14.3 Å². The van der Waals surface area contributed by atoms with Crippen molar-refractivity contribution in [1.29, 1.82) is 5.26 Å². The first-order chi connectivity index (χ1) is 15.8. The number of rotatable bonds is 3. The number of allylic oxidation sites excluding steroid dienone is 1. The van der Waals surface area contributed by atoms with Gasteiger partial charge in [0.05, 0.1) is 22.7 Å². The Morgan fingerprint density at radius 1 is 1.12 bits per heavy atom. The summed E-state index contributed by atoms with van der Waals surface area (Å²) in [6, 6.07) is 13.6. The summed E-state index contributed by atoms with van der Waals surface area (Å²) in [6.07, 6.45) is 7.12. The van der Waals surface area contributed by atoms with Crippen molar-refractivity contribution in [2.75, 3.05) is 0 Å². The van der Waals surface area contributed by atoms with Crippen molar-refractivity contribution >= 4 is 17.8 Å². The fourth-order valence-electron chi connectivity index (χ4n) is 6.89. The van der Waals surface area contributed by atoms with Crippen LogP contribution in [-0.2, 0) is 14.3 Å². The maximum absolute atomic E-state index is 13.0. The number of hydrogen-bond donors (Lipinski definition) is 0. The molecule has 1 aliphatic heterocycles. The van der Waals surface area contributed by atoms with E-state index in [1.54, 1.807) is 12.3 Å². The average Bonchev–Trinajstić information content (AvgIpc) is 3.22. The van der Waals surface area contributed by atoms with Crippen molar-refractivity contribution in [3.8, 4) is 17.2 Å². The van der Waals surface area contributed by atoms with Gasteiger partial charge in [-0.2, -0.15) is 5.26 Å². The molecule has 2 aliphatic carbocycles. The van der Waals surface area contributed by atoms with E-state index in [1.807, 2.05) is 43.3 Å². The first-order valence-corrected chi connectivity index (χ1v) is 11.7. The number of carbonyl (C=O) groups excluding carboxylic acids is 2. The molecule has 1 aromatic carbocycles. The van der Waals surface area contributed by atoms with E-state index in [4.69, 9.17) is 4.74 Å². The maximum atomic E-state index is 13.0. The zero-order valence-electron chi connectivity index (χ0n) is 19.2. The maximum Gasteiger partial charge on any atom is 0.313 e. The molecule has 0 spiro atoms. The summed E-state index contributed by atoms with van der Waals surface area (Å²) in [5, 5.41) is 9.38. The van der Waals surface area contributed by atoms with Crippen LogP contribution in [0.2, 0.25) is 0 Å². The molecule has 5 heteroatoms. The Morgan fingerprint density at radius 3 is 2.64 bits per heavy atom. The summed E-state index contributed by atoms with van der Waals surface area (Å²) in [6.45, 7) is 6.37. The van der Waals surface area contributed by atoms with E-state index in [1.165, 1.54) is 0 Å². The first-order valence-electron chi connectivity index (χ1n) is 11.7. The molecule has 0 N–H and O–H groups in total. The lowest BCUT2D eigenvalue weighted by molar-refractivity contribution is -0.151. The van der Waals surface area contributed by atoms with E-state index >= 15 is 0 Å². The van der Waals surface area contributed by atoms with Gasteiger partial charge in [0.15, 0.2) is 0 Å². The van der Waals surface area contributed by atoms with Gasteiger partial charge < -0.3 is 4.74 Å². The monoisotopic (exact) mass is 440 g/mol. The van der Waals surface area contributed by atoms with Crippen LogP contribution in [0.3, 0.4) is 0 Å². The molecule has 2 saturated carbocycles. The molecule has 5 nitrogen and oxygen atoms in total. The zero-order chi connectivity index (χ0) is 23.4. The Bertz CT molecular complexity index is 1190. The van der Waals surface area contributed by atoms with E-state index in [2.05, 4.69) is 31.0 Å². The van der Waals surface area contributed by atoms with E-state index < -0.39 is 10.8 Å². The first kappa shape index (κ1) is 21.6. The second-order valence-electron chi connectivity index (χ2n) is 10.1. The number of carbonyl (C=O) groups is 2. The molecule has 5 rings (SSSR count). The highest BCUT2D eigenvalue weighted by molar-refractivity contribution is 5.95. The van der Waals surface area contributed by atoms with Gasteiger partial charge in [-0.15, -0.1) is 0 Å². The van der Waals surface area contributed by atoms with Gasteiger partial charge >= 0.3 is 5.97 Å². The number of ketones is 1. The molecule has 3 fully saturated rings. The Hall–Kier alpha value is -3.26. The van der Waals surface area contributed by atoms with Gasteiger partial charge in [-0.1, -0.05) is 44.2 Å². The van der Waals surface area contributed by atoms with E-state index in [-0.39, 0.29) is 23.8 Å². The normalized spacial score (nSPS) is 35.2. The minimum Gasteiger partial charge on any atom is -0.462 e. The SMILES string of the molecule is C[C@@H]1[C@@H](C)C[C@]23CC(=O)C[C@]2([C@@H](C)OC3=O)[C@H]1/C=C/c1ccc(-c2ccccc2C#N)cn1. The Morgan fingerprint density at radius 2 is 1.91 bits per heavy atom. The number of benzene rings is 1. The standard InChI is InChI=1S/C28H28N2O3/c1-17-12-27-13-23(31)14-28(27,19(3)33-26(27)32)25(18(17)2)11-10-22-9-8-21(16-30-22)24-7-5-4-6-20(24)15-29/h4-11,16-19,25H,12-14H2,1-3H3/b11-10+/t17-,18+,19+,25-,27+,28-/m0/s1. The van der Waals surface area contributed by atoms with Crippen molar-refractivity contribution in [1.82, 2.24) is 4.98 Å². The number of cyclic esters (lactones) is 1. The van der Waals surface area contributed by atoms with Crippen molar-refractivity contribution in [2.24, 2.45) is 28.6 Å². The van der Waals surface area contributed by atoms with Crippen molar-refractivity contribution in [3.05, 3.63) is 59.9 Å². The second-order valence-corrected chi connectivity index (χ2v) is 10.1. The molecule has 1 aromatic heterocycles. The van der Waals surface area contributed by atoms with Gasteiger partial charge in [0.25, 0.3) is 0 Å². The fourth-order valence-corrected chi connectivity index (χ4v) is 6.89. The number of Topliss-reactive ketones (excluding diaryl/α,β-unsaturated/α-hetero) is 1. The molecule has 0 bridgehead atoms. The topological polar surface area (TPSA) is 80.0 Å². The zero-order valence-corrected chi connectivity index (χ0v) is 19.2. The lowest BCUT2D eigenvalue weighted by atomic mass is 9.47. The quantitative estimate of drug-likeness (QED) is 0.613. The molecule has 168 valence electrons. The van der Waals surface area contributed by atoms with Crippen LogP contribution in [0.15, 0.2) is 48.7 Å². The third-order valence-corrected chi connectivity index (χ3v) is 8.63. The molecule has 0 amide bonds. The molecule has 33 heavy (non-hydrogen) atoms. The number of esters is 1. The summed E-state index contributed by atoms with van der Waals surface area (Å²) in [5.74, 6) is 0.678. The number of aromatic nitrogens is 1. The highest BCUT2D eigenvalue weighted by Crippen LogP contribution is 2.70. The lowest BCUT2D eigenvalue weighted by Crippen LogP contribution is -2.54. The lowest BCUT2D eigenvalue weighted by Gasteiger charge is -2.52. The van der Waals surface area contributed by atoms with Gasteiger partial charge in [-0.05, 0) is 49.3 Å². The van der Waals surface area contributed by atoms with E-state index in [9.17, 15) is 14.9 Å². The fraction of sp³-hybridized carbons (Fsp3) is 0.429. The molecule has 0 radical (unpaired) electrons. The molecule has 2 aromatic rings. The van der Waals surface area contributed by atoms with E-state index in [0.29, 0.717) is 30.2 Å². The smallest absolute Gasteiger partial charge is 0.313 e. The van der Waals surface area contributed by atoms with Gasteiger partial charge in [0, 0.05) is 35.6 Å². The highest BCUT2D eigenvalue weighted by Gasteiger charge is 2.75. The Balaban J connectivity index is 1.49. The summed E-state index contributed by atoms with van der Waals surface area (Å²) < 4.78 is 5.80. The largest absolute Gasteiger partial charge is 0.462 e. The van der Waals surface area contributed by atoms with Crippen LogP contribution in [0, 0.1) is 39.9 Å². The Kier molecular flexibility index (Phi) is 5.01. The highest BCUT2D eigenvalue weighted by atomic mass is 16.6. The van der Waals surface area contributed by atoms with Gasteiger partial charge in [-0.3, -0.25) is 14.6 Å². The molecule has 3 aliphatic rings. The number of hydrogen-bond acceptors (Lipinski definition) is 5. The number of nitriles is 1. The van der Waals surface area contributed by atoms with Crippen molar-refractivity contribution in [3.63, 3.8) is 0 Å². The van der Waals surface area contributed by atoms with Crippen LogP contribution in [0.5, 0.6) is 0 Å².